The van der Waals surface area contributed by atoms with Gasteiger partial charge in [-0.1, -0.05) is 6.92 Å². The molecule has 124 valence electrons. The Kier molecular flexibility index (Phi) is 3.92. The van der Waals surface area contributed by atoms with Crippen molar-refractivity contribution < 1.29 is 4.39 Å². The number of rotatable bonds is 3. The molecule has 1 aliphatic rings. The van der Waals surface area contributed by atoms with Gasteiger partial charge in [0.15, 0.2) is 0 Å². The minimum absolute atomic E-state index is 0.0209. The maximum Gasteiger partial charge on any atom is 0.262 e. The van der Waals surface area contributed by atoms with E-state index in [-0.39, 0.29) is 12.1 Å². The minimum atomic E-state index is -0.594. The Hall–Kier alpha value is -2.08. The molecule has 3 heterocycles. The molecular weight excluding hydrogens is 325 g/mol. The molecule has 1 unspecified atom stereocenters. The van der Waals surface area contributed by atoms with Gasteiger partial charge in [0.05, 0.1) is 11.9 Å². The van der Waals surface area contributed by atoms with Crippen LogP contribution in [0.1, 0.15) is 23.8 Å². The highest BCUT2D eigenvalue weighted by molar-refractivity contribution is 7.18. The van der Waals surface area contributed by atoms with Gasteiger partial charge in [-0.15, -0.1) is 11.3 Å². The molecule has 0 spiro atoms. The first kappa shape index (κ1) is 15.4. The van der Waals surface area contributed by atoms with E-state index >= 15 is 0 Å². The van der Waals surface area contributed by atoms with E-state index in [4.69, 9.17) is 4.98 Å². The first-order chi connectivity index (χ1) is 11.7. The number of hydrogen-bond acceptors (Lipinski definition) is 4. The number of aryl methyl sites for hydroxylation is 1. The highest BCUT2D eigenvalue weighted by Gasteiger charge is 2.24. The lowest BCUT2D eigenvalue weighted by atomic mass is 9.89. The molecule has 3 aromatic heterocycles. The molecule has 0 N–H and O–H groups in total. The van der Waals surface area contributed by atoms with E-state index in [9.17, 15) is 9.18 Å². The van der Waals surface area contributed by atoms with Crippen LogP contribution in [-0.4, -0.2) is 21.2 Å². The van der Waals surface area contributed by atoms with Crippen molar-refractivity contribution in [2.75, 3.05) is 6.67 Å². The second-order valence-corrected chi connectivity index (χ2v) is 7.44. The fraction of sp³-hybridized carbons (Fsp3) is 0.389. The first-order valence-corrected chi connectivity index (χ1v) is 9.02. The van der Waals surface area contributed by atoms with Crippen LogP contribution in [0.25, 0.3) is 21.6 Å². The summed E-state index contributed by atoms with van der Waals surface area (Å²) in [5.41, 5.74) is 1.75. The van der Waals surface area contributed by atoms with E-state index < -0.39 is 6.67 Å². The van der Waals surface area contributed by atoms with Crippen molar-refractivity contribution in [3.63, 3.8) is 0 Å². The zero-order valence-corrected chi connectivity index (χ0v) is 14.3. The Labute approximate surface area is 143 Å². The maximum absolute atomic E-state index is 13.1. The van der Waals surface area contributed by atoms with E-state index in [1.807, 2.05) is 6.07 Å². The second-order valence-electron chi connectivity index (χ2n) is 6.35. The van der Waals surface area contributed by atoms with Crippen LogP contribution in [0.5, 0.6) is 0 Å². The van der Waals surface area contributed by atoms with Gasteiger partial charge in [0.2, 0.25) is 0 Å². The summed E-state index contributed by atoms with van der Waals surface area (Å²) in [5.74, 6) is 1.14. The van der Waals surface area contributed by atoms with Crippen molar-refractivity contribution in [2.45, 2.75) is 32.7 Å². The Bertz CT molecular complexity index is 948. The molecular formula is C18H18FN3OS. The van der Waals surface area contributed by atoms with E-state index in [1.54, 1.807) is 29.8 Å². The number of alkyl halides is 1. The van der Waals surface area contributed by atoms with Gasteiger partial charge in [-0.25, -0.2) is 9.37 Å². The average Bonchev–Trinajstić information content (AvgIpc) is 2.95. The Morgan fingerprint density at radius 2 is 2.33 bits per heavy atom. The SMILES string of the molecule is CC1CCc2c(sc3nc(-c4cccnc4)n(CCF)c(=O)c23)C1. The topological polar surface area (TPSA) is 47.8 Å². The van der Waals surface area contributed by atoms with Crippen LogP contribution in [-0.2, 0) is 19.4 Å². The zero-order chi connectivity index (χ0) is 16.7. The van der Waals surface area contributed by atoms with E-state index in [1.165, 1.54) is 9.44 Å². The molecule has 3 aromatic rings. The van der Waals surface area contributed by atoms with E-state index in [0.29, 0.717) is 17.1 Å². The van der Waals surface area contributed by atoms with Crippen molar-refractivity contribution >= 4 is 21.6 Å². The van der Waals surface area contributed by atoms with Crippen LogP contribution in [0.2, 0.25) is 0 Å². The highest BCUT2D eigenvalue weighted by Crippen LogP contribution is 2.36. The van der Waals surface area contributed by atoms with Gasteiger partial charge in [0, 0.05) is 22.8 Å². The maximum atomic E-state index is 13.1. The molecule has 1 atom stereocenters. The summed E-state index contributed by atoms with van der Waals surface area (Å²) in [6.07, 6.45) is 6.34. The molecule has 0 bridgehead atoms. The monoisotopic (exact) mass is 343 g/mol. The standard InChI is InChI=1S/C18H18FN3OS/c1-11-4-5-13-14(9-11)24-17-15(13)18(23)22(8-6-19)16(21-17)12-3-2-7-20-10-12/h2-3,7,10-11H,4-6,8-9H2,1H3. The van der Waals surface area contributed by atoms with Crippen molar-refractivity contribution in [1.29, 1.82) is 0 Å². The molecule has 0 saturated carbocycles. The third-order valence-corrected chi connectivity index (χ3v) is 5.79. The Morgan fingerprint density at radius 3 is 3.08 bits per heavy atom. The van der Waals surface area contributed by atoms with Gasteiger partial charge < -0.3 is 0 Å². The summed E-state index contributed by atoms with van der Waals surface area (Å²) >= 11 is 1.61. The molecule has 6 heteroatoms. The molecule has 0 aliphatic heterocycles. The number of nitrogens with zero attached hydrogens (tertiary/aromatic N) is 3. The fourth-order valence-electron chi connectivity index (χ4n) is 3.43. The van der Waals surface area contributed by atoms with Gasteiger partial charge in [0.25, 0.3) is 5.56 Å². The summed E-state index contributed by atoms with van der Waals surface area (Å²) < 4.78 is 14.5. The van der Waals surface area contributed by atoms with Crippen LogP contribution in [0.3, 0.4) is 0 Å². The molecule has 0 aromatic carbocycles. The molecule has 0 radical (unpaired) electrons. The van der Waals surface area contributed by atoms with Crippen LogP contribution in [0, 0.1) is 5.92 Å². The molecule has 0 saturated heterocycles. The third kappa shape index (κ3) is 2.45. The summed E-state index contributed by atoms with van der Waals surface area (Å²) in [5, 5.41) is 0.697. The second kappa shape index (κ2) is 6.09. The quantitative estimate of drug-likeness (QED) is 0.730. The van der Waals surface area contributed by atoms with Gasteiger partial charge in [-0.3, -0.25) is 14.3 Å². The predicted octanol–water partition coefficient (Wildman–Crippen LogP) is 3.61. The lowest BCUT2D eigenvalue weighted by Gasteiger charge is -2.17. The molecule has 4 rings (SSSR count). The van der Waals surface area contributed by atoms with Gasteiger partial charge >= 0.3 is 0 Å². The van der Waals surface area contributed by atoms with E-state index in [0.717, 1.165) is 35.2 Å². The molecule has 1 aliphatic carbocycles. The fourth-order valence-corrected chi connectivity index (χ4v) is 4.80. The number of thiophene rings is 1. The normalized spacial score (nSPS) is 17.2. The number of hydrogen-bond donors (Lipinski definition) is 0. The number of fused-ring (bicyclic) bond motifs is 3. The van der Waals surface area contributed by atoms with Gasteiger partial charge in [-0.05, 0) is 42.9 Å². The van der Waals surface area contributed by atoms with Crippen LogP contribution >= 0.6 is 11.3 Å². The van der Waals surface area contributed by atoms with Crippen molar-refractivity contribution in [1.82, 2.24) is 14.5 Å². The summed E-state index contributed by atoms with van der Waals surface area (Å²) in [6, 6.07) is 3.65. The van der Waals surface area contributed by atoms with Crippen LogP contribution in [0.4, 0.5) is 4.39 Å². The first-order valence-electron chi connectivity index (χ1n) is 8.20. The molecule has 0 amide bonds. The van der Waals surface area contributed by atoms with Crippen molar-refractivity contribution in [3.05, 3.63) is 45.3 Å². The summed E-state index contributed by atoms with van der Waals surface area (Å²) in [6.45, 7) is 1.67. The number of pyridine rings is 1. The molecule has 4 nitrogen and oxygen atoms in total. The van der Waals surface area contributed by atoms with Crippen LogP contribution in [0.15, 0.2) is 29.3 Å². The van der Waals surface area contributed by atoms with Gasteiger partial charge in [0.1, 0.15) is 17.3 Å². The predicted molar refractivity (Wildman–Crippen MR) is 94.3 cm³/mol. The molecule has 24 heavy (non-hydrogen) atoms. The van der Waals surface area contributed by atoms with E-state index in [2.05, 4.69) is 11.9 Å². The summed E-state index contributed by atoms with van der Waals surface area (Å²) in [7, 11) is 0. The third-order valence-electron chi connectivity index (χ3n) is 4.64. The minimum Gasteiger partial charge on any atom is -0.289 e. The average molecular weight is 343 g/mol. The molecule has 0 fully saturated rings. The zero-order valence-electron chi connectivity index (χ0n) is 13.5. The van der Waals surface area contributed by atoms with Gasteiger partial charge in [-0.2, -0.15) is 0 Å². The lowest BCUT2D eigenvalue weighted by molar-refractivity contribution is 0.441. The largest absolute Gasteiger partial charge is 0.289 e. The lowest BCUT2D eigenvalue weighted by Crippen LogP contribution is -2.25. The number of halogens is 1. The Balaban J connectivity index is 2.00. The van der Waals surface area contributed by atoms with Crippen molar-refractivity contribution in [2.24, 2.45) is 5.92 Å². The smallest absolute Gasteiger partial charge is 0.262 e. The van der Waals surface area contributed by atoms with Crippen molar-refractivity contribution in [3.8, 4) is 11.4 Å². The highest BCUT2D eigenvalue weighted by atomic mass is 32.1. The van der Waals surface area contributed by atoms with Crippen LogP contribution < -0.4 is 5.56 Å². The number of aromatic nitrogens is 3. The summed E-state index contributed by atoms with van der Waals surface area (Å²) in [4.78, 5) is 23.9. The Morgan fingerprint density at radius 1 is 1.46 bits per heavy atom.